The Kier molecular flexibility index (Phi) is 6.71. The van der Waals surface area contributed by atoms with Crippen molar-refractivity contribution in [3.8, 4) is 33.8 Å². The largest absolute Gasteiger partial charge is 0.366 e. The summed E-state index contributed by atoms with van der Waals surface area (Å²) in [5.74, 6) is 0.713. The lowest BCUT2D eigenvalue weighted by Crippen LogP contribution is -2.44. The summed E-state index contributed by atoms with van der Waals surface area (Å²) in [6, 6.07) is 30.5. The number of anilines is 2. The number of hydrogen-bond donors (Lipinski definition) is 2. The predicted octanol–water partition coefficient (Wildman–Crippen LogP) is 7.31. The standard InChI is InChI=1S/C33H31ClN6/c34-32-28(33-35-16-17-36-33)20-27(24-6-2-1-3-7-24)31(38-32)25-12-10-23(11-13-25)21-39-18-14-26(15-19-39)40-22-37-29-8-4-5-9-30(29)40/h1-13,16-17,20,26,37H,14-15,18-19,21-22H2,(H,35,36). The van der Waals surface area contributed by atoms with Gasteiger partial charge in [-0.2, -0.15) is 0 Å². The number of benzene rings is 3. The normalized spacial score (nSPS) is 15.7. The highest BCUT2D eigenvalue weighted by atomic mass is 35.5. The summed E-state index contributed by atoms with van der Waals surface area (Å²) in [7, 11) is 0. The predicted molar refractivity (Wildman–Crippen MR) is 163 cm³/mol. The maximum absolute atomic E-state index is 6.69. The number of fused-ring (bicyclic) bond motifs is 1. The third-order valence-electron chi connectivity index (χ3n) is 8.10. The zero-order valence-corrected chi connectivity index (χ0v) is 23.0. The Labute approximate surface area is 239 Å². The van der Waals surface area contributed by atoms with Gasteiger partial charge in [0, 0.05) is 49.2 Å². The molecule has 0 saturated carbocycles. The Balaban J connectivity index is 1.08. The van der Waals surface area contributed by atoms with Gasteiger partial charge in [0.1, 0.15) is 11.0 Å². The Hall–Kier alpha value is -4.13. The molecule has 7 rings (SSSR count). The molecule has 0 unspecified atom stereocenters. The quantitative estimate of drug-likeness (QED) is 0.219. The zero-order chi connectivity index (χ0) is 26.9. The summed E-state index contributed by atoms with van der Waals surface area (Å²) in [6.45, 7) is 4.08. The van der Waals surface area contributed by atoms with Gasteiger partial charge in [0.15, 0.2) is 0 Å². The number of rotatable bonds is 6. The minimum absolute atomic E-state index is 0.437. The number of aromatic nitrogens is 3. The van der Waals surface area contributed by atoms with E-state index in [1.807, 2.05) is 18.2 Å². The Morgan fingerprint density at radius 1 is 0.850 bits per heavy atom. The van der Waals surface area contributed by atoms with Crippen LogP contribution in [-0.4, -0.2) is 45.7 Å². The maximum atomic E-state index is 6.69. The van der Waals surface area contributed by atoms with Crippen molar-refractivity contribution in [3.05, 3.63) is 108 Å². The number of aromatic amines is 1. The molecule has 200 valence electrons. The minimum Gasteiger partial charge on any atom is -0.366 e. The van der Waals surface area contributed by atoms with Crippen LogP contribution in [0, 0.1) is 0 Å². The van der Waals surface area contributed by atoms with Crippen LogP contribution in [-0.2, 0) is 6.54 Å². The highest BCUT2D eigenvalue weighted by Crippen LogP contribution is 2.37. The molecule has 1 fully saturated rings. The molecule has 5 aromatic rings. The Bertz CT molecular complexity index is 1590. The van der Waals surface area contributed by atoms with Crippen LogP contribution in [0.3, 0.4) is 0 Å². The number of pyridine rings is 1. The average molecular weight is 547 g/mol. The third-order valence-corrected chi connectivity index (χ3v) is 8.39. The lowest BCUT2D eigenvalue weighted by atomic mass is 9.97. The second-order valence-corrected chi connectivity index (χ2v) is 10.9. The first kappa shape index (κ1) is 24.9. The number of nitrogens with one attached hydrogen (secondary N) is 2. The summed E-state index contributed by atoms with van der Waals surface area (Å²) in [4.78, 5) is 17.5. The number of piperidine rings is 1. The SMILES string of the molecule is Clc1nc(-c2ccc(CN3CCC(N4CNc5ccccc54)CC3)cc2)c(-c2ccccc2)cc1-c1ncc[nH]1. The third kappa shape index (κ3) is 4.85. The summed E-state index contributed by atoms with van der Waals surface area (Å²) < 4.78 is 0. The molecule has 0 bridgehead atoms. The van der Waals surface area contributed by atoms with Crippen molar-refractivity contribution in [1.29, 1.82) is 0 Å². The van der Waals surface area contributed by atoms with Gasteiger partial charge in [-0.3, -0.25) is 4.90 Å². The van der Waals surface area contributed by atoms with E-state index in [-0.39, 0.29) is 0 Å². The summed E-state index contributed by atoms with van der Waals surface area (Å²) >= 11 is 6.69. The number of hydrogen-bond acceptors (Lipinski definition) is 5. The van der Waals surface area contributed by atoms with Crippen LogP contribution in [0.25, 0.3) is 33.8 Å². The first-order chi connectivity index (χ1) is 19.7. The molecular weight excluding hydrogens is 516 g/mol. The molecule has 7 heteroatoms. The Morgan fingerprint density at radius 3 is 2.40 bits per heavy atom. The van der Waals surface area contributed by atoms with E-state index in [0.717, 1.165) is 54.3 Å². The fraction of sp³-hybridized carbons (Fsp3) is 0.212. The van der Waals surface area contributed by atoms with E-state index in [9.17, 15) is 0 Å². The summed E-state index contributed by atoms with van der Waals surface area (Å²) in [5, 5.41) is 3.98. The van der Waals surface area contributed by atoms with Crippen molar-refractivity contribution < 1.29 is 0 Å². The number of H-pyrrole nitrogens is 1. The van der Waals surface area contributed by atoms with Crippen molar-refractivity contribution in [2.75, 3.05) is 30.0 Å². The molecule has 40 heavy (non-hydrogen) atoms. The maximum Gasteiger partial charge on any atom is 0.140 e. The molecule has 3 aromatic carbocycles. The first-order valence-corrected chi connectivity index (χ1v) is 14.3. The van der Waals surface area contributed by atoms with Crippen LogP contribution in [0.2, 0.25) is 5.15 Å². The molecule has 0 amide bonds. The van der Waals surface area contributed by atoms with Gasteiger partial charge in [0.05, 0.1) is 29.3 Å². The van der Waals surface area contributed by atoms with Gasteiger partial charge in [0.2, 0.25) is 0 Å². The summed E-state index contributed by atoms with van der Waals surface area (Å²) in [5.41, 5.74) is 8.76. The molecule has 0 atom stereocenters. The smallest absolute Gasteiger partial charge is 0.140 e. The number of para-hydroxylation sites is 2. The van der Waals surface area contributed by atoms with E-state index < -0.39 is 0 Å². The van der Waals surface area contributed by atoms with E-state index in [0.29, 0.717) is 17.0 Å². The lowest BCUT2D eigenvalue weighted by molar-refractivity contribution is 0.202. The number of halogens is 1. The van der Waals surface area contributed by atoms with E-state index in [1.165, 1.54) is 29.8 Å². The monoisotopic (exact) mass is 546 g/mol. The highest BCUT2D eigenvalue weighted by Gasteiger charge is 2.29. The van der Waals surface area contributed by atoms with Crippen molar-refractivity contribution in [2.45, 2.75) is 25.4 Å². The van der Waals surface area contributed by atoms with E-state index in [1.54, 1.807) is 12.4 Å². The van der Waals surface area contributed by atoms with Crippen LogP contribution in [0.5, 0.6) is 0 Å². The van der Waals surface area contributed by atoms with E-state index >= 15 is 0 Å². The number of imidazole rings is 1. The van der Waals surface area contributed by atoms with E-state index in [2.05, 4.69) is 91.8 Å². The van der Waals surface area contributed by atoms with Crippen molar-refractivity contribution in [2.24, 2.45) is 0 Å². The number of likely N-dealkylation sites (tertiary alicyclic amines) is 1. The van der Waals surface area contributed by atoms with Crippen molar-refractivity contribution in [3.63, 3.8) is 0 Å². The molecule has 2 aliphatic rings. The van der Waals surface area contributed by atoms with Crippen LogP contribution >= 0.6 is 11.6 Å². The molecule has 2 aliphatic heterocycles. The molecule has 0 aliphatic carbocycles. The Morgan fingerprint density at radius 2 is 1.62 bits per heavy atom. The zero-order valence-electron chi connectivity index (χ0n) is 22.2. The molecule has 0 radical (unpaired) electrons. The first-order valence-electron chi connectivity index (χ1n) is 13.9. The molecule has 4 heterocycles. The second-order valence-electron chi connectivity index (χ2n) is 10.6. The van der Waals surface area contributed by atoms with Crippen LogP contribution in [0.1, 0.15) is 18.4 Å². The van der Waals surface area contributed by atoms with Gasteiger partial charge in [-0.25, -0.2) is 9.97 Å². The molecular formula is C33H31ClN6. The molecule has 2 N–H and O–H groups in total. The molecule has 1 saturated heterocycles. The molecule has 0 spiro atoms. The van der Waals surface area contributed by atoms with Gasteiger partial charge in [-0.15, -0.1) is 0 Å². The average Bonchev–Trinajstić information content (AvgIpc) is 3.69. The van der Waals surface area contributed by atoms with Crippen molar-refractivity contribution >= 4 is 23.0 Å². The van der Waals surface area contributed by atoms with Crippen molar-refractivity contribution in [1.82, 2.24) is 19.9 Å². The van der Waals surface area contributed by atoms with Gasteiger partial charge >= 0.3 is 0 Å². The van der Waals surface area contributed by atoms with Gasteiger partial charge < -0.3 is 15.2 Å². The summed E-state index contributed by atoms with van der Waals surface area (Å²) in [6.07, 6.45) is 5.88. The van der Waals surface area contributed by atoms with Crippen LogP contribution in [0.15, 0.2) is 97.3 Å². The second kappa shape index (κ2) is 10.8. The van der Waals surface area contributed by atoms with Gasteiger partial charge in [0.25, 0.3) is 0 Å². The lowest BCUT2D eigenvalue weighted by Gasteiger charge is -2.37. The number of nitrogens with zero attached hydrogens (tertiary/aromatic N) is 4. The van der Waals surface area contributed by atoms with Gasteiger partial charge in [-0.05, 0) is 42.2 Å². The van der Waals surface area contributed by atoms with E-state index in [4.69, 9.17) is 16.6 Å². The van der Waals surface area contributed by atoms with Gasteiger partial charge in [-0.1, -0.05) is 78.3 Å². The van der Waals surface area contributed by atoms with Crippen LogP contribution < -0.4 is 10.2 Å². The fourth-order valence-corrected chi connectivity index (χ4v) is 6.23. The topological polar surface area (TPSA) is 60.1 Å². The minimum atomic E-state index is 0.437. The molecule has 2 aromatic heterocycles. The van der Waals surface area contributed by atoms with Crippen LogP contribution in [0.4, 0.5) is 11.4 Å². The molecule has 6 nitrogen and oxygen atoms in total. The highest BCUT2D eigenvalue weighted by molar-refractivity contribution is 6.32. The fourth-order valence-electron chi connectivity index (χ4n) is 6.00.